The van der Waals surface area contributed by atoms with E-state index in [2.05, 4.69) is 4.72 Å². The van der Waals surface area contributed by atoms with Gasteiger partial charge in [0.25, 0.3) is 0 Å². The van der Waals surface area contributed by atoms with E-state index in [1.165, 1.54) is 12.1 Å². The van der Waals surface area contributed by atoms with E-state index in [9.17, 15) is 21.6 Å². The molecular formula is C23H20F3NO2S. The summed E-state index contributed by atoms with van der Waals surface area (Å²) in [5.41, 5.74) is 2.39. The number of aryl methyl sites for hydroxylation is 1. The topological polar surface area (TPSA) is 46.2 Å². The number of sulfonamides is 1. The lowest BCUT2D eigenvalue weighted by atomic mass is 10.1. The molecule has 7 heteroatoms. The highest BCUT2D eigenvalue weighted by Gasteiger charge is 2.29. The van der Waals surface area contributed by atoms with Gasteiger partial charge in [0.2, 0.25) is 10.0 Å². The Balaban J connectivity index is 1.74. The lowest BCUT2D eigenvalue weighted by molar-refractivity contribution is -0.137. The molecule has 0 heterocycles. The van der Waals surface area contributed by atoms with Crippen LogP contribution in [0, 0.1) is 6.92 Å². The number of benzene rings is 3. The molecule has 0 fully saturated rings. The molecular weight excluding hydrogens is 411 g/mol. The molecule has 3 rings (SSSR count). The number of rotatable bonds is 6. The van der Waals surface area contributed by atoms with Gasteiger partial charge in [0.05, 0.1) is 10.5 Å². The van der Waals surface area contributed by atoms with Crippen molar-refractivity contribution in [3.8, 4) is 0 Å². The maximum Gasteiger partial charge on any atom is 0.416 e. The van der Waals surface area contributed by atoms with E-state index in [1.807, 2.05) is 19.1 Å². The number of alkyl halides is 3. The summed E-state index contributed by atoms with van der Waals surface area (Å²) < 4.78 is 65.6. The fourth-order valence-corrected chi connectivity index (χ4v) is 3.81. The van der Waals surface area contributed by atoms with Crippen LogP contribution in [0.25, 0.3) is 12.2 Å². The van der Waals surface area contributed by atoms with Crippen molar-refractivity contribution >= 4 is 22.2 Å². The molecule has 0 aliphatic carbocycles. The smallest absolute Gasteiger partial charge is 0.207 e. The molecule has 0 saturated heterocycles. The van der Waals surface area contributed by atoms with Crippen LogP contribution in [0.3, 0.4) is 0 Å². The average Bonchev–Trinajstić information content (AvgIpc) is 2.71. The Morgan fingerprint density at radius 3 is 2.13 bits per heavy atom. The molecule has 0 unspecified atom stereocenters. The lowest BCUT2D eigenvalue weighted by Gasteiger charge is -2.10. The zero-order valence-electron chi connectivity index (χ0n) is 16.1. The summed E-state index contributed by atoms with van der Waals surface area (Å²) in [7, 11) is -3.66. The Morgan fingerprint density at radius 1 is 0.867 bits per heavy atom. The van der Waals surface area contributed by atoms with Crippen LogP contribution in [0.4, 0.5) is 13.2 Å². The standard InChI is InChI=1S/C23H20F3NO2S/c1-17-6-14-22(15-7-17)30(28,29)27-16-20-5-3-2-4-19(20)11-8-18-9-12-21(13-10-18)23(24,25)26/h2-15,27H,16H2,1H3/b11-8+. The molecule has 0 aliphatic rings. The number of hydrogen-bond acceptors (Lipinski definition) is 2. The van der Waals surface area contributed by atoms with Crippen LogP contribution in [0.15, 0.2) is 77.7 Å². The van der Waals surface area contributed by atoms with Crippen molar-refractivity contribution in [1.29, 1.82) is 0 Å². The Morgan fingerprint density at radius 2 is 1.50 bits per heavy atom. The maximum atomic E-state index is 12.7. The Hall–Kier alpha value is -2.90. The van der Waals surface area contributed by atoms with Crippen molar-refractivity contribution in [3.05, 3.63) is 101 Å². The quantitative estimate of drug-likeness (QED) is 0.512. The Bertz CT molecular complexity index is 1130. The van der Waals surface area contributed by atoms with Gasteiger partial charge in [-0.05, 0) is 47.9 Å². The van der Waals surface area contributed by atoms with E-state index >= 15 is 0 Å². The van der Waals surface area contributed by atoms with E-state index < -0.39 is 21.8 Å². The molecule has 0 amide bonds. The van der Waals surface area contributed by atoms with Gasteiger partial charge in [0, 0.05) is 6.54 Å². The number of hydrogen-bond donors (Lipinski definition) is 1. The SMILES string of the molecule is Cc1ccc(S(=O)(=O)NCc2ccccc2/C=C/c2ccc(C(F)(F)F)cc2)cc1. The Kier molecular flexibility index (Phi) is 6.43. The summed E-state index contributed by atoms with van der Waals surface area (Å²) in [6.45, 7) is 1.97. The number of halogens is 3. The molecule has 0 saturated carbocycles. The third kappa shape index (κ3) is 5.58. The van der Waals surface area contributed by atoms with E-state index in [1.54, 1.807) is 48.6 Å². The van der Waals surface area contributed by atoms with E-state index in [0.717, 1.165) is 28.8 Å². The summed E-state index contributed by atoms with van der Waals surface area (Å²) in [4.78, 5) is 0.186. The summed E-state index contributed by atoms with van der Waals surface area (Å²) in [5, 5.41) is 0. The minimum Gasteiger partial charge on any atom is -0.207 e. The molecule has 0 aromatic heterocycles. The second-order valence-corrected chi connectivity index (χ2v) is 8.56. The van der Waals surface area contributed by atoms with Gasteiger partial charge in [-0.2, -0.15) is 13.2 Å². The summed E-state index contributed by atoms with van der Waals surface area (Å²) in [5.74, 6) is 0. The second-order valence-electron chi connectivity index (χ2n) is 6.79. The summed E-state index contributed by atoms with van der Waals surface area (Å²) in [6, 6.07) is 18.6. The fraction of sp³-hybridized carbons (Fsp3) is 0.130. The van der Waals surface area contributed by atoms with Gasteiger partial charge in [-0.15, -0.1) is 0 Å². The molecule has 0 bridgehead atoms. The molecule has 3 aromatic carbocycles. The van der Waals surface area contributed by atoms with Crippen molar-refractivity contribution in [1.82, 2.24) is 4.72 Å². The summed E-state index contributed by atoms with van der Waals surface area (Å²) in [6.07, 6.45) is -0.935. The lowest BCUT2D eigenvalue weighted by Crippen LogP contribution is -2.23. The largest absolute Gasteiger partial charge is 0.416 e. The van der Waals surface area contributed by atoms with E-state index in [0.29, 0.717) is 5.56 Å². The van der Waals surface area contributed by atoms with Gasteiger partial charge in [-0.1, -0.05) is 66.2 Å². The highest BCUT2D eigenvalue weighted by Crippen LogP contribution is 2.29. The first-order valence-corrected chi connectivity index (χ1v) is 10.6. The third-order valence-electron chi connectivity index (χ3n) is 4.53. The molecule has 3 aromatic rings. The van der Waals surface area contributed by atoms with Crippen molar-refractivity contribution in [2.75, 3.05) is 0 Å². The third-order valence-corrected chi connectivity index (χ3v) is 5.95. The van der Waals surface area contributed by atoms with Crippen LogP contribution in [-0.4, -0.2) is 8.42 Å². The van der Waals surface area contributed by atoms with Crippen LogP contribution in [-0.2, 0) is 22.7 Å². The zero-order chi connectivity index (χ0) is 21.8. The molecule has 0 spiro atoms. The minimum atomic E-state index is -4.37. The van der Waals surface area contributed by atoms with Gasteiger partial charge in [-0.3, -0.25) is 0 Å². The minimum absolute atomic E-state index is 0.0870. The fourth-order valence-electron chi connectivity index (χ4n) is 2.80. The van der Waals surface area contributed by atoms with Gasteiger partial charge in [-0.25, -0.2) is 13.1 Å². The van der Waals surface area contributed by atoms with Crippen LogP contribution < -0.4 is 4.72 Å². The molecule has 1 N–H and O–H groups in total. The van der Waals surface area contributed by atoms with Crippen LogP contribution in [0.1, 0.15) is 27.8 Å². The van der Waals surface area contributed by atoms with Crippen LogP contribution in [0.2, 0.25) is 0 Å². The molecule has 156 valence electrons. The second kappa shape index (κ2) is 8.85. The Labute approximate surface area is 173 Å². The van der Waals surface area contributed by atoms with Gasteiger partial charge < -0.3 is 0 Å². The predicted octanol–water partition coefficient (Wildman–Crippen LogP) is 5.66. The molecule has 30 heavy (non-hydrogen) atoms. The molecule has 3 nitrogen and oxygen atoms in total. The van der Waals surface area contributed by atoms with Gasteiger partial charge in [0.1, 0.15) is 0 Å². The first-order chi connectivity index (χ1) is 14.1. The normalized spacial score (nSPS) is 12.4. The zero-order valence-corrected chi connectivity index (χ0v) is 17.0. The monoisotopic (exact) mass is 431 g/mol. The van der Waals surface area contributed by atoms with Gasteiger partial charge in [0.15, 0.2) is 0 Å². The summed E-state index contributed by atoms with van der Waals surface area (Å²) >= 11 is 0. The molecule has 0 aliphatic heterocycles. The highest BCUT2D eigenvalue weighted by molar-refractivity contribution is 7.89. The van der Waals surface area contributed by atoms with E-state index in [-0.39, 0.29) is 11.4 Å². The first-order valence-electron chi connectivity index (χ1n) is 9.15. The first kappa shape index (κ1) is 21.8. The maximum absolute atomic E-state index is 12.7. The van der Waals surface area contributed by atoms with Crippen molar-refractivity contribution in [2.24, 2.45) is 0 Å². The van der Waals surface area contributed by atoms with Crippen LogP contribution >= 0.6 is 0 Å². The van der Waals surface area contributed by atoms with Crippen molar-refractivity contribution in [2.45, 2.75) is 24.5 Å². The average molecular weight is 431 g/mol. The predicted molar refractivity (Wildman–Crippen MR) is 112 cm³/mol. The van der Waals surface area contributed by atoms with Gasteiger partial charge >= 0.3 is 6.18 Å². The van der Waals surface area contributed by atoms with Crippen molar-refractivity contribution < 1.29 is 21.6 Å². The van der Waals surface area contributed by atoms with E-state index in [4.69, 9.17) is 0 Å². The van der Waals surface area contributed by atoms with Crippen molar-refractivity contribution in [3.63, 3.8) is 0 Å². The highest BCUT2D eigenvalue weighted by atomic mass is 32.2. The molecule has 0 atom stereocenters. The number of nitrogens with one attached hydrogen (secondary N) is 1. The molecule has 0 radical (unpaired) electrons. The van der Waals surface area contributed by atoms with Crippen LogP contribution in [0.5, 0.6) is 0 Å².